The fraction of sp³-hybridized carbons (Fsp3) is 0.308. The molecule has 1 fully saturated rings. The summed E-state index contributed by atoms with van der Waals surface area (Å²) in [7, 11) is 2.11. The standard InChI is InChI=1S/C26H30FN9/c1-17-4-6-20(7-5-17)22-16-23(34-33-22)29-25-30-24(28-18(2)19-8-10-21(27)11-9-19)31-26(32-25)36-14-12-35(3)13-15-36/h4-11,16,18H,12-15H2,1-3H3,(H3,28,29,30,31,32,33,34). The lowest BCUT2D eigenvalue weighted by molar-refractivity contribution is 0.311. The van der Waals surface area contributed by atoms with Gasteiger partial charge in [0, 0.05) is 32.2 Å². The number of nitrogens with one attached hydrogen (secondary N) is 3. The van der Waals surface area contributed by atoms with Crippen molar-refractivity contribution in [2.45, 2.75) is 19.9 Å². The molecule has 5 rings (SSSR count). The molecule has 0 radical (unpaired) electrons. The molecule has 36 heavy (non-hydrogen) atoms. The Morgan fingerprint density at radius 1 is 0.917 bits per heavy atom. The molecule has 1 unspecified atom stereocenters. The minimum atomic E-state index is -0.265. The van der Waals surface area contributed by atoms with Crippen LogP contribution in [0.2, 0.25) is 0 Å². The van der Waals surface area contributed by atoms with Gasteiger partial charge in [-0.15, -0.1) is 0 Å². The number of halogens is 1. The van der Waals surface area contributed by atoms with E-state index in [0.717, 1.165) is 43.0 Å². The first-order valence-corrected chi connectivity index (χ1v) is 12.0. The average molecular weight is 488 g/mol. The van der Waals surface area contributed by atoms with E-state index in [9.17, 15) is 4.39 Å². The topological polar surface area (TPSA) is 97.9 Å². The SMILES string of the molecule is Cc1ccc(-c2cc(Nc3nc(NC(C)c4ccc(F)cc4)nc(N4CCN(C)CC4)n3)n[nH]2)cc1. The van der Waals surface area contributed by atoms with Crippen LogP contribution in [0.5, 0.6) is 0 Å². The number of aromatic amines is 1. The number of H-pyrrole nitrogens is 1. The Labute approximate surface area is 209 Å². The van der Waals surface area contributed by atoms with Crippen molar-refractivity contribution >= 4 is 23.7 Å². The first-order chi connectivity index (χ1) is 17.4. The van der Waals surface area contributed by atoms with Crippen molar-refractivity contribution in [3.8, 4) is 11.3 Å². The Morgan fingerprint density at radius 3 is 2.33 bits per heavy atom. The van der Waals surface area contributed by atoms with E-state index in [2.05, 4.69) is 73.9 Å². The van der Waals surface area contributed by atoms with Gasteiger partial charge in [0.1, 0.15) is 5.82 Å². The molecule has 186 valence electrons. The zero-order valence-electron chi connectivity index (χ0n) is 20.7. The maximum absolute atomic E-state index is 13.4. The second-order valence-electron chi connectivity index (χ2n) is 9.15. The Bertz CT molecular complexity index is 1300. The first kappa shape index (κ1) is 23.7. The summed E-state index contributed by atoms with van der Waals surface area (Å²) in [6.45, 7) is 7.57. The molecule has 10 heteroatoms. The third-order valence-corrected chi connectivity index (χ3v) is 6.31. The van der Waals surface area contributed by atoms with Crippen LogP contribution < -0.4 is 15.5 Å². The largest absolute Gasteiger partial charge is 0.348 e. The van der Waals surface area contributed by atoms with Crippen molar-refractivity contribution < 1.29 is 4.39 Å². The highest BCUT2D eigenvalue weighted by molar-refractivity contribution is 5.65. The van der Waals surface area contributed by atoms with Gasteiger partial charge in [0.25, 0.3) is 0 Å². The Balaban J connectivity index is 1.40. The maximum atomic E-state index is 13.4. The summed E-state index contributed by atoms with van der Waals surface area (Å²) in [5, 5.41) is 14.0. The van der Waals surface area contributed by atoms with Gasteiger partial charge in [0.15, 0.2) is 5.82 Å². The van der Waals surface area contributed by atoms with E-state index >= 15 is 0 Å². The van der Waals surface area contributed by atoms with Gasteiger partial charge in [-0.2, -0.15) is 20.1 Å². The van der Waals surface area contributed by atoms with Gasteiger partial charge in [-0.05, 0) is 44.2 Å². The van der Waals surface area contributed by atoms with Crippen molar-refractivity contribution in [2.75, 3.05) is 48.8 Å². The zero-order valence-corrected chi connectivity index (χ0v) is 20.7. The predicted octanol–water partition coefficient (Wildman–Crippen LogP) is 4.38. The number of aromatic nitrogens is 5. The third-order valence-electron chi connectivity index (χ3n) is 6.31. The molecule has 3 heterocycles. The van der Waals surface area contributed by atoms with E-state index in [-0.39, 0.29) is 11.9 Å². The van der Waals surface area contributed by atoms with Crippen LogP contribution in [0.15, 0.2) is 54.6 Å². The number of hydrogen-bond acceptors (Lipinski definition) is 8. The summed E-state index contributed by atoms with van der Waals surface area (Å²) in [4.78, 5) is 18.4. The van der Waals surface area contributed by atoms with E-state index in [1.165, 1.54) is 17.7 Å². The molecule has 0 spiro atoms. The number of rotatable bonds is 7. The van der Waals surface area contributed by atoms with Crippen LogP contribution in [0.25, 0.3) is 11.3 Å². The van der Waals surface area contributed by atoms with Gasteiger partial charge in [-0.3, -0.25) is 5.10 Å². The monoisotopic (exact) mass is 487 g/mol. The number of benzene rings is 2. The first-order valence-electron chi connectivity index (χ1n) is 12.0. The Hall–Kier alpha value is -4.05. The molecule has 3 N–H and O–H groups in total. The number of hydrogen-bond donors (Lipinski definition) is 3. The quantitative estimate of drug-likeness (QED) is 0.353. The number of likely N-dealkylation sites (N-methyl/N-ethyl adjacent to an activating group) is 1. The van der Waals surface area contributed by atoms with E-state index < -0.39 is 0 Å². The second-order valence-corrected chi connectivity index (χ2v) is 9.15. The summed E-state index contributed by atoms with van der Waals surface area (Å²) in [5.41, 5.74) is 4.08. The summed E-state index contributed by atoms with van der Waals surface area (Å²) in [6, 6.07) is 16.5. The number of aryl methyl sites for hydroxylation is 1. The lowest BCUT2D eigenvalue weighted by Gasteiger charge is -2.32. The van der Waals surface area contributed by atoms with Gasteiger partial charge in [0.2, 0.25) is 17.8 Å². The van der Waals surface area contributed by atoms with E-state index in [1.807, 2.05) is 13.0 Å². The molecule has 9 nitrogen and oxygen atoms in total. The van der Waals surface area contributed by atoms with Crippen LogP contribution in [-0.4, -0.2) is 63.3 Å². The lowest BCUT2D eigenvalue weighted by atomic mass is 10.1. The zero-order chi connectivity index (χ0) is 25.1. The molecule has 0 bridgehead atoms. The van der Waals surface area contributed by atoms with Gasteiger partial charge >= 0.3 is 0 Å². The molecule has 4 aromatic rings. The number of nitrogens with zero attached hydrogens (tertiary/aromatic N) is 6. The van der Waals surface area contributed by atoms with Crippen LogP contribution in [0, 0.1) is 12.7 Å². The van der Waals surface area contributed by atoms with Crippen molar-refractivity contribution in [3.63, 3.8) is 0 Å². The fourth-order valence-corrected chi connectivity index (χ4v) is 4.04. The number of piperazine rings is 1. The van der Waals surface area contributed by atoms with Gasteiger partial charge in [0.05, 0.1) is 11.7 Å². The normalized spacial score (nSPS) is 15.1. The molecule has 0 saturated carbocycles. The molecule has 0 aliphatic carbocycles. The summed E-state index contributed by atoms with van der Waals surface area (Å²) >= 11 is 0. The van der Waals surface area contributed by atoms with Gasteiger partial charge < -0.3 is 20.4 Å². The Morgan fingerprint density at radius 2 is 1.61 bits per heavy atom. The fourth-order valence-electron chi connectivity index (χ4n) is 4.04. The maximum Gasteiger partial charge on any atom is 0.235 e. The highest BCUT2D eigenvalue weighted by atomic mass is 19.1. The van der Waals surface area contributed by atoms with Crippen LogP contribution >= 0.6 is 0 Å². The van der Waals surface area contributed by atoms with Crippen molar-refractivity contribution in [1.82, 2.24) is 30.0 Å². The molecule has 1 aliphatic rings. The summed E-state index contributed by atoms with van der Waals surface area (Å²) in [6.07, 6.45) is 0. The lowest BCUT2D eigenvalue weighted by Crippen LogP contribution is -2.45. The molecular formula is C26H30FN9. The summed E-state index contributed by atoms with van der Waals surface area (Å²) in [5.74, 6) is 1.78. The van der Waals surface area contributed by atoms with Crippen LogP contribution in [0.4, 0.5) is 28.1 Å². The van der Waals surface area contributed by atoms with Gasteiger partial charge in [-0.25, -0.2) is 4.39 Å². The molecule has 0 amide bonds. The average Bonchev–Trinajstić information content (AvgIpc) is 3.33. The highest BCUT2D eigenvalue weighted by Crippen LogP contribution is 2.24. The van der Waals surface area contributed by atoms with Crippen LogP contribution in [0.1, 0.15) is 24.1 Å². The second kappa shape index (κ2) is 10.3. The predicted molar refractivity (Wildman–Crippen MR) is 140 cm³/mol. The Kier molecular flexibility index (Phi) is 6.77. The smallest absolute Gasteiger partial charge is 0.235 e. The molecule has 1 saturated heterocycles. The number of anilines is 4. The van der Waals surface area contributed by atoms with Crippen molar-refractivity contribution in [2.24, 2.45) is 0 Å². The van der Waals surface area contributed by atoms with Crippen molar-refractivity contribution in [3.05, 3.63) is 71.5 Å². The minimum absolute atomic E-state index is 0.125. The summed E-state index contributed by atoms with van der Waals surface area (Å²) < 4.78 is 13.4. The van der Waals surface area contributed by atoms with E-state index in [0.29, 0.717) is 23.7 Å². The molecule has 2 aromatic heterocycles. The molecule has 1 aliphatic heterocycles. The van der Waals surface area contributed by atoms with Crippen molar-refractivity contribution in [1.29, 1.82) is 0 Å². The van der Waals surface area contributed by atoms with Gasteiger partial charge in [-0.1, -0.05) is 42.0 Å². The highest BCUT2D eigenvalue weighted by Gasteiger charge is 2.20. The minimum Gasteiger partial charge on any atom is -0.348 e. The van der Waals surface area contributed by atoms with E-state index in [1.54, 1.807) is 12.1 Å². The third kappa shape index (κ3) is 5.60. The van der Waals surface area contributed by atoms with E-state index in [4.69, 9.17) is 9.97 Å². The molecular weight excluding hydrogens is 457 g/mol. The van der Waals surface area contributed by atoms with Crippen LogP contribution in [0.3, 0.4) is 0 Å². The molecule has 1 atom stereocenters. The van der Waals surface area contributed by atoms with Crippen LogP contribution in [-0.2, 0) is 0 Å². The molecule has 2 aromatic carbocycles.